The van der Waals surface area contributed by atoms with Gasteiger partial charge in [-0.05, 0) is 51.3 Å². The molecule has 0 spiro atoms. The van der Waals surface area contributed by atoms with Crippen LogP contribution in [-0.4, -0.2) is 43.0 Å². The number of pyridine rings is 1. The summed E-state index contributed by atoms with van der Waals surface area (Å²) in [6.45, 7) is 1.46. The van der Waals surface area contributed by atoms with Crippen molar-refractivity contribution in [2.24, 2.45) is 0 Å². The molecule has 0 atom stereocenters. The predicted octanol–water partition coefficient (Wildman–Crippen LogP) is 3.02. The van der Waals surface area contributed by atoms with Gasteiger partial charge in [0.15, 0.2) is 5.43 Å². The van der Waals surface area contributed by atoms with E-state index in [-0.39, 0.29) is 11.3 Å². The van der Waals surface area contributed by atoms with Gasteiger partial charge in [-0.3, -0.25) is 9.59 Å². The van der Waals surface area contributed by atoms with Crippen molar-refractivity contribution in [1.82, 2.24) is 15.2 Å². The van der Waals surface area contributed by atoms with Crippen molar-refractivity contribution in [3.63, 3.8) is 0 Å². The van der Waals surface area contributed by atoms with Crippen molar-refractivity contribution < 1.29 is 4.79 Å². The van der Waals surface area contributed by atoms with Crippen LogP contribution in [0.25, 0.3) is 21.8 Å². The monoisotopic (exact) mass is 357 g/mol. The first kappa shape index (κ1) is 17.5. The van der Waals surface area contributed by atoms with E-state index in [9.17, 15) is 9.59 Å². The minimum Gasteiger partial charge on any atom is -0.354 e. The van der Waals surface area contributed by atoms with Gasteiger partial charge < -0.3 is 15.2 Å². The number of aromatic nitrogens is 1. The van der Waals surface area contributed by atoms with Gasteiger partial charge >= 0.3 is 0 Å². The van der Waals surface area contributed by atoms with Gasteiger partial charge in [-0.2, -0.15) is 0 Å². The number of benzene rings is 2. The maximum Gasteiger partial charge on any atom is 0.253 e. The van der Waals surface area contributed by atoms with Gasteiger partial charge in [0.25, 0.3) is 5.91 Å². The Morgan fingerprint density at radius 1 is 1.20 bits per heavy atom. The van der Waals surface area contributed by atoms with E-state index in [0.717, 1.165) is 13.0 Å². The normalized spacial score (nSPS) is 11.4. The number of aromatic amines is 1. The maximum absolute atomic E-state index is 12.8. The van der Waals surface area contributed by atoms with Gasteiger partial charge in [0.05, 0.1) is 21.5 Å². The zero-order chi connectivity index (χ0) is 18.0. The third-order valence-corrected chi connectivity index (χ3v) is 4.44. The molecule has 0 unspecified atom stereocenters. The summed E-state index contributed by atoms with van der Waals surface area (Å²) in [4.78, 5) is 30.6. The summed E-state index contributed by atoms with van der Waals surface area (Å²) in [5.74, 6) is -0.216. The van der Waals surface area contributed by atoms with Crippen LogP contribution in [0, 0.1) is 0 Å². The zero-order valence-electron chi connectivity index (χ0n) is 14.2. The summed E-state index contributed by atoms with van der Waals surface area (Å²) in [5, 5.41) is 4.15. The first-order valence-corrected chi connectivity index (χ1v) is 8.53. The first-order chi connectivity index (χ1) is 12.0. The van der Waals surface area contributed by atoms with Crippen LogP contribution in [0.3, 0.4) is 0 Å². The second kappa shape index (κ2) is 7.25. The summed E-state index contributed by atoms with van der Waals surface area (Å²) in [6.07, 6.45) is 0.851. The number of nitrogens with one attached hydrogen (secondary N) is 2. The number of rotatable bonds is 5. The lowest BCUT2D eigenvalue weighted by atomic mass is 10.1. The van der Waals surface area contributed by atoms with E-state index in [1.807, 2.05) is 26.2 Å². The largest absolute Gasteiger partial charge is 0.354 e. The Morgan fingerprint density at radius 2 is 1.96 bits per heavy atom. The van der Waals surface area contributed by atoms with Crippen molar-refractivity contribution in [3.05, 3.63) is 57.2 Å². The topological polar surface area (TPSA) is 65.2 Å². The molecule has 2 N–H and O–H groups in total. The first-order valence-electron chi connectivity index (χ1n) is 8.15. The Bertz CT molecular complexity index is 995. The van der Waals surface area contributed by atoms with Gasteiger partial charge in [-0.1, -0.05) is 23.7 Å². The minimum absolute atomic E-state index is 0.170. The van der Waals surface area contributed by atoms with E-state index in [2.05, 4.69) is 15.2 Å². The van der Waals surface area contributed by atoms with Crippen molar-refractivity contribution in [2.45, 2.75) is 6.42 Å². The fraction of sp³-hybridized carbons (Fsp3) is 0.263. The van der Waals surface area contributed by atoms with Crippen LogP contribution < -0.4 is 10.7 Å². The number of nitrogens with zero attached hydrogens (tertiary/aromatic N) is 1. The lowest BCUT2D eigenvalue weighted by molar-refractivity contribution is 0.0954. The molecule has 0 saturated heterocycles. The molecule has 0 fully saturated rings. The summed E-state index contributed by atoms with van der Waals surface area (Å²) in [7, 11) is 3.98. The number of carbonyl (C=O) groups is 1. The van der Waals surface area contributed by atoms with Gasteiger partial charge in [0.1, 0.15) is 0 Å². The second-order valence-electron chi connectivity index (χ2n) is 6.26. The average molecular weight is 358 g/mol. The number of hydrogen-bond acceptors (Lipinski definition) is 3. The molecule has 0 aliphatic rings. The summed E-state index contributed by atoms with van der Waals surface area (Å²) in [5.41, 5.74) is 1.41. The van der Waals surface area contributed by atoms with Crippen LogP contribution in [0.1, 0.15) is 16.8 Å². The average Bonchev–Trinajstić information content (AvgIpc) is 2.58. The molecule has 130 valence electrons. The van der Waals surface area contributed by atoms with Crippen LogP contribution in [0.5, 0.6) is 0 Å². The van der Waals surface area contributed by atoms with Crippen molar-refractivity contribution >= 4 is 39.3 Å². The molecule has 1 aromatic heterocycles. The summed E-state index contributed by atoms with van der Waals surface area (Å²) >= 11 is 6.24. The van der Waals surface area contributed by atoms with Crippen molar-refractivity contribution in [1.29, 1.82) is 0 Å². The number of fused-ring (bicyclic) bond motifs is 2. The summed E-state index contributed by atoms with van der Waals surface area (Å²) in [6, 6.07) is 10.5. The highest BCUT2D eigenvalue weighted by Gasteiger charge is 2.16. The number of amides is 1. The highest BCUT2D eigenvalue weighted by molar-refractivity contribution is 6.36. The van der Waals surface area contributed by atoms with E-state index in [0.29, 0.717) is 38.9 Å². The Hall–Kier alpha value is -2.37. The zero-order valence-corrected chi connectivity index (χ0v) is 15.0. The number of hydrogen-bond donors (Lipinski definition) is 2. The predicted molar refractivity (Wildman–Crippen MR) is 103 cm³/mol. The third kappa shape index (κ3) is 3.52. The lowest BCUT2D eigenvalue weighted by Crippen LogP contribution is -2.27. The van der Waals surface area contributed by atoms with E-state index < -0.39 is 0 Å². The maximum atomic E-state index is 12.8. The Labute approximate surface area is 150 Å². The molecule has 1 amide bonds. The number of para-hydroxylation sites is 1. The highest BCUT2D eigenvalue weighted by Crippen LogP contribution is 2.25. The molecule has 1 heterocycles. The standard InChI is InChI=1S/C19H20ClN3O2/c1-23(2)11-5-10-21-19(25)13-8-9-14(20)16-17(13)22-15-7-4-3-6-12(15)18(16)24/h3-4,6-9H,5,10-11H2,1-2H3,(H,21,25)(H,22,24). The van der Waals surface area contributed by atoms with Crippen LogP contribution in [0.2, 0.25) is 5.02 Å². The molecular weight excluding hydrogens is 338 g/mol. The molecule has 5 nitrogen and oxygen atoms in total. The van der Waals surface area contributed by atoms with Crippen LogP contribution in [-0.2, 0) is 0 Å². The van der Waals surface area contributed by atoms with Gasteiger partial charge in [-0.25, -0.2) is 0 Å². The Morgan fingerprint density at radius 3 is 2.72 bits per heavy atom. The fourth-order valence-electron chi connectivity index (χ4n) is 2.87. The smallest absolute Gasteiger partial charge is 0.253 e. The number of carbonyl (C=O) groups excluding carboxylic acids is 1. The quantitative estimate of drug-likeness (QED) is 0.545. The van der Waals surface area contributed by atoms with Crippen LogP contribution in [0.4, 0.5) is 0 Å². The molecule has 3 aromatic rings. The molecule has 2 aromatic carbocycles. The molecule has 0 radical (unpaired) electrons. The highest BCUT2D eigenvalue weighted by atomic mass is 35.5. The fourth-order valence-corrected chi connectivity index (χ4v) is 3.11. The van der Waals surface area contributed by atoms with E-state index in [4.69, 9.17) is 11.6 Å². The second-order valence-corrected chi connectivity index (χ2v) is 6.66. The van der Waals surface area contributed by atoms with E-state index in [1.54, 1.807) is 24.3 Å². The third-order valence-electron chi connectivity index (χ3n) is 4.13. The number of halogens is 1. The molecular formula is C19H20ClN3O2. The van der Waals surface area contributed by atoms with E-state index in [1.165, 1.54) is 0 Å². The molecule has 0 aliphatic carbocycles. The van der Waals surface area contributed by atoms with Crippen molar-refractivity contribution in [2.75, 3.05) is 27.2 Å². The van der Waals surface area contributed by atoms with E-state index >= 15 is 0 Å². The molecule has 0 saturated carbocycles. The summed E-state index contributed by atoms with van der Waals surface area (Å²) < 4.78 is 0. The van der Waals surface area contributed by atoms with Gasteiger partial charge in [-0.15, -0.1) is 0 Å². The lowest BCUT2D eigenvalue weighted by Gasteiger charge is -2.12. The molecule has 6 heteroatoms. The van der Waals surface area contributed by atoms with Gasteiger partial charge in [0.2, 0.25) is 0 Å². The Kier molecular flexibility index (Phi) is 5.06. The van der Waals surface area contributed by atoms with Crippen molar-refractivity contribution in [3.8, 4) is 0 Å². The molecule has 0 bridgehead atoms. The minimum atomic E-state index is -0.216. The SMILES string of the molecule is CN(C)CCCNC(=O)c1ccc(Cl)c2c(=O)c3ccccc3[nH]c12. The molecule has 25 heavy (non-hydrogen) atoms. The van der Waals surface area contributed by atoms with Crippen LogP contribution >= 0.6 is 11.6 Å². The van der Waals surface area contributed by atoms with Crippen LogP contribution in [0.15, 0.2) is 41.2 Å². The van der Waals surface area contributed by atoms with Gasteiger partial charge in [0, 0.05) is 17.4 Å². The Balaban J connectivity index is 2.03. The molecule has 0 aliphatic heterocycles. The molecule has 3 rings (SSSR count). The number of H-pyrrole nitrogens is 1.